The van der Waals surface area contributed by atoms with Gasteiger partial charge < -0.3 is 15.2 Å². The number of hydrogen-bond acceptors (Lipinski definition) is 5. The van der Waals surface area contributed by atoms with Crippen LogP contribution in [0.15, 0.2) is 41.5 Å². The molecule has 1 fully saturated rings. The number of hydrogen-bond donors (Lipinski definition) is 1. The Kier molecular flexibility index (Phi) is 5.33. The first-order chi connectivity index (χ1) is 15.9. The molecule has 2 heterocycles. The van der Waals surface area contributed by atoms with E-state index in [0.717, 1.165) is 11.1 Å². The van der Waals surface area contributed by atoms with Gasteiger partial charge in [0.2, 0.25) is 5.95 Å². The fraction of sp³-hybridized carbons (Fsp3) is 0.478. The van der Waals surface area contributed by atoms with E-state index in [1.807, 2.05) is 25.1 Å². The van der Waals surface area contributed by atoms with Crippen LogP contribution < -0.4 is 5.73 Å². The molecule has 2 spiro atoms. The lowest BCUT2D eigenvalue weighted by molar-refractivity contribution is -0.0743. The molecule has 3 aliphatic rings. The Morgan fingerprint density at radius 2 is 2.00 bits per heavy atom. The first-order valence-corrected chi connectivity index (χ1v) is 11.3. The Labute approximate surface area is 205 Å². The smallest absolute Gasteiger partial charge is 0.281 e. The van der Waals surface area contributed by atoms with E-state index >= 15 is 0 Å². The average molecular weight is 444 g/mol. The summed E-state index contributed by atoms with van der Waals surface area (Å²) in [5.74, 6) is -0.556. The van der Waals surface area contributed by atoms with Crippen molar-refractivity contribution in [1.82, 2.24) is 4.98 Å². The van der Waals surface area contributed by atoms with Gasteiger partial charge in [-0.1, -0.05) is 19.1 Å². The van der Waals surface area contributed by atoms with Crippen molar-refractivity contribution >= 4 is 45.3 Å². The molecular formula is C23H21B5FN3O2. The molecule has 1 aromatic heterocycles. The van der Waals surface area contributed by atoms with E-state index in [0.29, 0.717) is 36.8 Å². The molecule has 0 unspecified atom stereocenters. The molecule has 0 amide bonds. The van der Waals surface area contributed by atoms with Crippen LogP contribution in [-0.4, -0.2) is 67.0 Å². The largest absolute Gasteiger partial charge is 0.476 e. The van der Waals surface area contributed by atoms with Gasteiger partial charge in [-0.2, -0.15) is 4.39 Å². The minimum atomic E-state index is -1.73. The number of nitrogens with zero attached hydrogens (tertiary/aromatic N) is 2. The Balaban J connectivity index is 1.63. The van der Waals surface area contributed by atoms with Gasteiger partial charge in [0.05, 0.1) is 35.0 Å². The summed E-state index contributed by atoms with van der Waals surface area (Å²) in [5, 5.41) is -3.44. The predicted molar refractivity (Wildman–Crippen MR) is 132 cm³/mol. The van der Waals surface area contributed by atoms with Crippen molar-refractivity contribution in [2.24, 2.45) is 22.1 Å². The zero-order valence-corrected chi connectivity index (χ0v) is 19.0. The second-order valence-corrected chi connectivity index (χ2v) is 9.96. The molecule has 2 aliphatic carbocycles. The summed E-state index contributed by atoms with van der Waals surface area (Å²) in [4.78, 5) is 8.56. The van der Waals surface area contributed by atoms with Crippen molar-refractivity contribution in [3.8, 4) is 11.1 Å². The summed E-state index contributed by atoms with van der Waals surface area (Å²) in [6.07, 6.45) is 3.68. The van der Waals surface area contributed by atoms with Gasteiger partial charge in [0.25, 0.3) is 6.02 Å². The average Bonchev–Trinajstić information content (AvgIpc) is 3.14. The Morgan fingerprint density at radius 1 is 1.24 bits per heavy atom. The van der Waals surface area contributed by atoms with E-state index in [-0.39, 0.29) is 18.0 Å². The molecule has 10 radical (unpaired) electrons. The first kappa shape index (κ1) is 23.6. The van der Waals surface area contributed by atoms with Crippen molar-refractivity contribution < 1.29 is 13.9 Å². The summed E-state index contributed by atoms with van der Waals surface area (Å²) in [6, 6.07) is 8.99. The van der Waals surface area contributed by atoms with Crippen LogP contribution in [0.3, 0.4) is 0 Å². The maximum Gasteiger partial charge on any atom is 0.281 e. The highest BCUT2D eigenvalue weighted by molar-refractivity contribution is 6.58. The van der Waals surface area contributed by atoms with Crippen molar-refractivity contribution in [1.29, 1.82) is 0 Å². The summed E-state index contributed by atoms with van der Waals surface area (Å²) < 4.78 is 25.9. The molecular weight excluding hydrogens is 423 g/mol. The van der Waals surface area contributed by atoms with E-state index in [1.54, 1.807) is 12.1 Å². The monoisotopic (exact) mass is 445 g/mol. The SMILES string of the molecule is [B]C([B])([B])O[C@H]1CC[C@@]2(Cc3ccc(-c4cccnc4F)cc3[C@]23N=C(N)OC3([B])[B])C[C@@H]1C. The molecule has 34 heavy (non-hydrogen) atoms. The van der Waals surface area contributed by atoms with Gasteiger partial charge in [0.1, 0.15) is 21.2 Å². The molecule has 1 aliphatic heterocycles. The van der Waals surface area contributed by atoms with Crippen molar-refractivity contribution in [3.05, 3.63) is 53.6 Å². The quantitative estimate of drug-likeness (QED) is 0.572. The van der Waals surface area contributed by atoms with Crippen LogP contribution >= 0.6 is 0 Å². The molecule has 0 saturated heterocycles. The fourth-order valence-electron chi connectivity index (χ4n) is 6.42. The second kappa shape index (κ2) is 7.68. The number of ether oxygens (including phenoxy) is 2. The minimum Gasteiger partial charge on any atom is -0.476 e. The van der Waals surface area contributed by atoms with Gasteiger partial charge in [-0.05, 0) is 71.8 Å². The van der Waals surface area contributed by atoms with Crippen LogP contribution in [0.5, 0.6) is 0 Å². The van der Waals surface area contributed by atoms with E-state index in [4.69, 9.17) is 59.4 Å². The van der Waals surface area contributed by atoms with Gasteiger partial charge in [-0.25, -0.2) is 9.98 Å². The van der Waals surface area contributed by atoms with E-state index < -0.39 is 27.6 Å². The maximum atomic E-state index is 14.5. The highest BCUT2D eigenvalue weighted by Crippen LogP contribution is 2.66. The van der Waals surface area contributed by atoms with Crippen LogP contribution in [0.4, 0.5) is 4.39 Å². The molecule has 2 N–H and O–H groups in total. The first-order valence-electron chi connectivity index (χ1n) is 11.3. The number of nitrogens with two attached hydrogens (primary N) is 1. The second-order valence-electron chi connectivity index (χ2n) is 9.96. The summed E-state index contributed by atoms with van der Waals surface area (Å²) in [7, 11) is 30.3. The molecule has 1 saturated carbocycles. The van der Waals surface area contributed by atoms with E-state index in [1.165, 1.54) is 6.20 Å². The lowest BCUT2D eigenvalue weighted by Gasteiger charge is -2.54. The number of aliphatic imine (C=N–C) groups is 1. The van der Waals surface area contributed by atoms with Gasteiger partial charge in [0, 0.05) is 17.2 Å². The molecule has 162 valence electrons. The number of fused-ring (bicyclic) bond motifs is 3. The number of amidine groups is 1. The summed E-state index contributed by atoms with van der Waals surface area (Å²) in [5.41, 5.74) is 7.14. The highest BCUT2D eigenvalue weighted by atomic mass is 19.1. The fourth-order valence-corrected chi connectivity index (χ4v) is 6.42. The van der Waals surface area contributed by atoms with Gasteiger partial charge in [0.15, 0.2) is 0 Å². The van der Waals surface area contributed by atoms with Crippen molar-refractivity contribution in [2.45, 2.75) is 54.9 Å². The molecule has 1 aromatic carbocycles. The standard InChI is InChI=1S/C23H21B5FN3O2/c1-12-10-20(7-6-17(12)33-23(26,27)28)11-14-5-4-13(15-3-2-8-31-18(15)29)9-16(14)21(20)22(24,25)34-19(30)32-21/h2-5,8-9,12,17H,6-7,10-11H2,1H3,(H2,30,32)/t12-,17-,20-,21-/m0/s1. The molecule has 5 nitrogen and oxygen atoms in total. The number of halogens is 1. The van der Waals surface area contributed by atoms with Crippen molar-refractivity contribution in [3.63, 3.8) is 0 Å². The number of aromatic nitrogens is 1. The van der Waals surface area contributed by atoms with Crippen LogP contribution in [0, 0.1) is 17.3 Å². The molecule has 2 aromatic rings. The number of pyridine rings is 1. The Morgan fingerprint density at radius 3 is 2.62 bits per heavy atom. The highest BCUT2D eigenvalue weighted by Gasteiger charge is 2.68. The van der Waals surface area contributed by atoms with E-state index in [2.05, 4.69) is 4.98 Å². The summed E-state index contributed by atoms with van der Waals surface area (Å²) in [6.45, 7) is 2.04. The third-order valence-electron chi connectivity index (χ3n) is 7.59. The Hall–Kier alpha value is -2.15. The lowest BCUT2D eigenvalue weighted by atomic mass is 9.44. The molecule has 5 rings (SSSR count). The number of benzene rings is 1. The predicted octanol–water partition coefficient (Wildman–Crippen LogP) is 1.28. The summed E-state index contributed by atoms with van der Waals surface area (Å²) >= 11 is 0. The van der Waals surface area contributed by atoms with Crippen LogP contribution in [0.25, 0.3) is 11.1 Å². The van der Waals surface area contributed by atoms with Crippen LogP contribution in [0.1, 0.15) is 37.3 Å². The van der Waals surface area contributed by atoms with Crippen LogP contribution in [0.2, 0.25) is 0 Å². The topological polar surface area (TPSA) is 69.7 Å². The van der Waals surface area contributed by atoms with Gasteiger partial charge >= 0.3 is 0 Å². The van der Waals surface area contributed by atoms with Gasteiger partial charge in [-0.15, -0.1) is 0 Å². The zero-order valence-electron chi connectivity index (χ0n) is 19.0. The Bertz CT molecular complexity index is 1170. The zero-order chi connectivity index (χ0) is 24.5. The minimum absolute atomic E-state index is 0.0121. The van der Waals surface area contributed by atoms with Gasteiger partial charge in [-0.3, -0.25) is 0 Å². The molecule has 0 bridgehead atoms. The van der Waals surface area contributed by atoms with Crippen molar-refractivity contribution in [2.75, 3.05) is 0 Å². The van der Waals surface area contributed by atoms with Crippen LogP contribution in [-0.2, 0) is 21.4 Å². The van der Waals surface area contributed by atoms with E-state index in [9.17, 15) is 4.39 Å². The third-order valence-corrected chi connectivity index (χ3v) is 7.59. The molecule has 4 atom stereocenters. The normalized spacial score (nSPS) is 31.9. The number of rotatable bonds is 3. The lowest BCUT2D eigenvalue weighted by Crippen LogP contribution is -2.60. The maximum absolute atomic E-state index is 14.5. The third kappa shape index (κ3) is 3.45. The molecule has 11 heteroatoms.